The van der Waals surface area contributed by atoms with Crippen LogP contribution in [-0.2, 0) is 13.5 Å². The molecule has 0 saturated heterocycles. The summed E-state index contributed by atoms with van der Waals surface area (Å²) in [4.78, 5) is 0. The molecule has 20 heavy (non-hydrogen) atoms. The molecule has 0 spiro atoms. The van der Waals surface area contributed by atoms with Crippen molar-refractivity contribution in [3.05, 3.63) is 50.5 Å². The van der Waals surface area contributed by atoms with Crippen LogP contribution in [0.25, 0.3) is 0 Å². The molecule has 6 heteroatoms. The topological polar surface area (TPSA) is 29.9 Å². The summed E-state index contributed by atoms with van der Waals surface area (Å²) < 4.78 is 16.1. The van der Waals surface area contributed by atoms with E-state index in [1.165, 1.54) is 12.1 Å². The number of likely N-dealkylation sites (N-methyl/N-ethyl adjacent to an activating group) is 1. The van der Waals surface area contributed by atoms with Crippen molar-refractivity contribution in [3.63, 3.8) is 0 Å². The molecule has 1 unspecified atom stereocenters. The summed E-state index contributed by atoms with van der Waals surface area (Å²) in [6.07, 6.45) is 0.634. The maximum atomic E-state index is 13.5. The van der Waals surface area contributed by atoms with Crippen molar-refractivity contribution in [2.75, 3.05) is 7.05 Å². The fourth-order valence-corrected chi connectivity index (χ4v) is 3.00. The van der Waals surface area contributed by atoms with Crippen molar-refractivity contribution in [1.29, 1.82) is 0 Å². The maximum Gasteiger partial charge on any atom is 0.123 e. The van der Waals surface area contributed by atoms with Gasteiger partial charge in [0, 0.05) is 24.0 Å². The zero-order valence-corrected chi connectivity index (χ0v) is 13.9. The van der Waals surface area contributed by atoms with Gasteiger partial charge in [-0.3, -0.25) is 4.68 Å². The Labute approximate surface area is 131 Å². The lowest BCUT2D eigenvalue weighted by Gasteiger charge is -2.18. The zero-order valence-electron chi connectivity index (χ0n) is 11.5. The molecule has 0 aliphatic carbocycles. The summed E-state index contributed by atoms with van der Waals surface area (Å²) in [6.45, 7) is 1.87. The Hall–Kier alpha value is -0.910. The molecule has 0 saturated carbocycles. The predicted octanol–water partition coefficient (Wildman–Crippen LogP) is 3.79. The van der Waals surface area contributed by atoms with Gasteiger partial charge >= 0.3 is 0 Å². The molecule has 1 aromatic heterocycles. The molecule has 0 aliphatic heterocycles. The third kappa shape index (κ3) is 3.05. The van der Waals surface area contributed by atoms with Crippen LogP contribution in [0.2, 0.25) is 5.02 Å². The van der Waals surface area contributed by atoms with Gasteiger partial charge in [-0.25, -0.2) is 4.39 Å². The average Bonchev–Trinajstić information content (AvgIpc) is 2.65. The lowest BCUT2D eigenvalue weighted by Crippen LogP contribution is -2.21. The molecule has 1 heterocycles. The lowest BCUT2D eigenvalue weighted by molar-refractivity contribution is 0.552. The van der Waals surface area contributed by atoms with Gasteiger partial charge in [0.15, 0.2) is 0 Å². The number of rotatable bonds is 4. The first-order chi connectivity index (χ1) is 9.43. The summed E-state index contributed by atoms with van der Waals surface area (Å²) in [5.74, 6) is -0.254. The van der Waals surface area contributed by atoms with E-state index >= 15 is 0 Å². The van der Waals surface area contributed by atoms with Crippen LogP contribution in [0.5, 0.6) is 0 Å². The smallest absolute Gasteiger partial charge is 0.123 e. The van der Waals surface area contributed by atoms with E-state index in [2.05, 4.69) is 26.3 Å². The number of nitrogens with one attached hydrogen (secondary N) is 1. The van der Waals surface area contributed by atoms with Crippen molar-refractivity contribution in [1.82, 2.24) is 15.1 Å². The summed E-state index contributed by atoms with van der Waals surface area (Å²) >= 11 is 9.74. The van der Waals surface area contributed by atoms with Crippen molar-refractivity contribution < 1.29 is 4.39 Å². The molecule has 2 rings (SSSR count). The number of nitrogens with zero attached hydrogens (tertiary/aromatic N) is 2. The Morgan fingerprint density at radius 2 is 2.20 bits per heavy atom. The molecule has 0 fully saturated rings. The van der Waals surface area contributed by atoms with Gasteiger partial charge < -0.3 is 5.32 Å². The van der Waals surface area contributed by atoms with E-state index in [9.17, 15) is 4.39 Å². The molecule has 0 bridgehead atoms. The van der Waals surface area contributed by atoms with Gasteiger partial charge in [-0.2, -0.15) is 5.10 Å². The van der Waals surface area contributed by atoms with E-state index in [0.29, 0.717) is 11.4 Å². The fraction of sp³-hybridized carbons (Fsp3) is 0.357. The Morgan fingerprint density at radius 3 is 2.75 bits per heavy atom. The predicted molar refractivity (Wildman–Crippen MR) is 82.6 cm³/mol. The van der Waals surface area contributed by atoms with Gasteiger partial charge in [0.05, 0.1) is 16.4 Å². The second-order valence-corrected chi connectivity index (χ2v) is 5.91. The van der Waals surface area contributed by atoms with Crippen molar-refractivity contribution in [2.24, 2.45) is 7.05 Å². The highest BCUT2D eigenvalue weighted by Crippen LogP contribution is 2.29. The van der Waals surface area contributed by atoms with Crippen molar-refractivity contribution in [2.45, 2.75) is 19.4 Å². The Balaban J connectivity index is 2.36. The third-order valence-corrected chi connectivity index (χ3v) is 4.55. The molecule has 2 aromatic rings. The van der Waals surface area contributed by atoms with E-state index in [0.717, 1.165) is 21.4 Å². The van der Waals surface area contributed by atoms with Crippen LogP contribution in [0.1, 0.15) is 23.0 Å². The van der Waals surface area contributed by atoms with Crippen molar-refractivity contribution in [3.8, 4) is 0 Å². The number of aryl methyl sites for hydroxylation is 2. The van der Waals surface area contributed by atoms with Crippen molar-refractivity contribution >= 4 is 27.5 Å². The number of benzene rings is 1. The number of hydrogen-bond donors (Lipinski definition) is 1. The molecule has 108 valence electrons. The van der Waals surface area contributed by atoms with E-state index in [1.807, 2.05) is 21.0 Å². The van der Waals surface area contributed by atoms with Crippen LogP contribution >= 0.6 is 27.5 Å². The highest BCUT2D eigenvalue weighted by atomic mass is 79.9. The van der Waals surface area contributed by atoms with Crippen LogP contribution in [0.3, 0.4) is 0 Å². The average molecular weight is 361 g/mol. The highest BCUT2D eigenvalue weighted by molar-refractivity contribution is 9.10. The van der Waals surface area contributed by atoms with Gasteiger partial charge in [0.2, 0.25) is 0 Å². The molecule has 1 aromatic carbocycles. The standard InChI is InChI=1S/C14H16BrClFN3/c1-8-14(16)13(20(3)19-8)7-12(18-2)10-6-9(17)4-5-11(10)15/h4-6,12,18H,7H2,1-3H3. The Morgan fingerprint density at radius 1 is 1.50 bits per heavy atom. The minimum absolute atomic E-state index is 0.0487. The highest BCUT2D eigenvalue weighted by Gasteiger charge is 2.19. The second-order valence-electron chi connectivity index (χ2n) is 4.68. The first-order valence-corrected chi connectivity index (χ1v) is 7.41. The van der Waals surface area contributed by atoms with Gasteiger partial charge in [0.25, 0.3) is 0 Å². The number of halogens is 3. The van der Waals surface area contributed by atoms with E-state index in [4.69, 9.17) is 11.6 Å². The number of aromatic nitrogens is 2. The van der Waals surface area contributed by atoms with Gasteiger partial charge in [-0.1, -0.05) is 27.5 Å². The molecule has 0 radical (unpaired) electrons. The SMILES string of the molecule is CNC(Cc1c(Cl)c(C)nn1C)c1cc(F)ccc1Br. The molecular weight excluding hydrogens is 345 g/mol. The minimum Gasteiger partial charge on any atom is -0.313 e. The van der Waals surface area contributed by atoms with Gasteiger partial charge in [0.1, 0.15) is 5.82 Å². The Kier molecular flexibility index (Phi) is 4.83. The van der Waals surface area contributed by atoms with Crippen LogP contribution in [-0.4, -0.2) is 16.8 Å². The largest absolute Gasteiger partial charge is 0.313 e. The summed E-state index contributed by atoms with van der Waals surface area (Å²) in [6, 6.07) is 4.63. The summed E-state index contributed by atoms with van der Waals surface area (Å²) in [5, 5.41) is 8.17. The van der Waals surface area contributed by atoms with E-state index in [-0.39, 0.29) is 11.9 Å². The lowest BCUT2D eigenvalue weighted by atomic mass is 10.0. The van der Waals surface area contributed by atoms with E-state index in [1.54, 1.807) is 10.7 Å². The van der Waals surface area contributed by atoms with Gasteiger partial charge in [-0.15, -0.1) is 0 Å². The molecular formula is C14H16BrClFN3. The summed E-state index contributed by atoms with van der Waals surface area (Å²) in [5.41, 5.74) is 2.60. The van der Waals surface area contributed by atoms with Crippen LogP contribution in [0.15, 0.2) is 22.7 Å². The first-order valence-electron chi connectivity index (χ1n) is 6.24. The van der Waals surface area contributed by atoms with E-state index < -0.39 is 0 Å². The Bertz CT molecular complexity index is 627. The monoisotopic (exact) mass is 359 g/mol. The van der Waals surface area contributed by atoms with Crippen LogP contribution in [0.4, 0.5) is 4.39 Å². The molecule has 3 nitrogen and oxygen atoms in total. The first kappa shape index (κ1) is 15.5. The minimum atomic E-state index is -0.254. The molecule has 0 amide bonds. The normalized spacial score (nSPS) is 12.7. The quantitative estimate of drug-likeness (QED) is 0.899. The van der Waals surface area contributed by atoms with Crippen LogP contribution < -0.4 is 5.32 Å². The van der Waals surface area contributed by atoms with Gasteiger partial charge in [-0.05, 0) is 37.7 Å². The third-order valence-electron chi connectivity index (χ3n) is 3.34. The van der Waals surface area contributed by atoms with Crippen LogP contribution in [0, 0.1) is 12.7 Å². The molecule has 0 aliphatic rings. The molecule has 1 N–H and O–H groups in total. The fourth-order valence-electron chi connectivity index (χ4n) is 2.24. The molecule has 1 atom stereocenters. The summed E-state index contributed by atoms with van der Waals surface area (Å²) in [7, 11) is 3.71. The zero-order chi connectivity index (χ0) is 14.9. The maximum absolute atomic E-state index is 13.5. The second kappa shape index (κ2) is 6.24. The number of hydrogen-bond acceptors (Lipinski definition) is 2.